The van der Waals surface area contributed by atoms with Crippen molar-refractivity contribution in [2.75, 3.05) is 11.9 Å². The van der Waals surface area contributed by atoms with Crippen LogP contribution in [0.4, 0.5) is 0 Å². The van der Waals surface area contributed by atoms with Gasteiger partial charge in [0.25, 0.3) is 5.91 Å². The summed E-state index contributed by atoms with van der Waals surface area (Å²) in [6, 6.07) is 7.53. The van der Waals surface area contributed by atoms with E-state index in [0.29, 0.717) is 18.0 Å². The van der Waals surface area contributed by atoms with Gasteiger partial charge in [-0.05, 0) is 12.0 Å². The van der Waals surface area contributed by atoms with Gasteiger partial charge in [0, 0.05) is 17.3 Å². The summed E-state index contributed by atoms with van der Waals surface area (Å²) in [4.78, 5) is 12.0. The van der Waals surface area contributed by atoms with E-state index in [2.05, 4.69) is 28.2 Å². The van der Waals surface area contributed by atoms with Crippen molar-refractivity contribution in [3.63, 3.8) is 0 Å². The minimum Gasteiger partial charge on any atom is -0.463 e. The van der Waals surface area contributed by atoms with Gasteiger partial charge in [0.05, 0.1) is 5.56 Å². The number of furan rings is 1. The largest absolute Gasteiger partial charge is 0.463 e. The summed E-state index contributed by atoms with van der Waals surface area (Å²) in [6.45, 7) is 2.73. The van der Waals surface area contributed by atoms with Gasteiger partial charge in [-0.3, -0.25) is 4.79 Å². The third kappa shape index (κ3) is 2.69. The van der Waals surface area contributed by atoms with Crippen LogP contribution in [0.2, 0.25) is 0 Å². The molecule has 1 amide bonds. The number of para-hydroxylation sites is 1. The minimum absolute atomic E-state index is 0.0808. The SMILES string of the molecule is CC(CBr)CNC(=O)c1coc2ccccc12. The highest BCUT2D eigenvalue weighted by molar-refractivity contribution is 9.09. The monoisotopic (exact) mass is 295 g/mol. The minimum atomic E-state index is -0.0808. The molecule has 2 aromatic rings. The topological polar surface area (TPSA) is 42.2 Å². The molecule has 1 unspecified atom stereocenters. The zero-order valence-corrected chi connectivity index (χ0v) is 11.2. The highest BCUT2D eigenvalue weighted by Gasteiger charge is 2.13. The van der Waals surface area contributed by atoms with Gasteiger partial charge in [-0.1, -0.05) is 41.1 Å². The molecule has 0 spiro atoms. The first-order valence-electron chi connectivity index (χ1n) is 5.52. The maximum atomic E-state index is 12.0. The summed E-state index contributed by atoms with van der Waals surface area (Å²) < 4.78 is 5.33. The second kappa shape index (κ2) is 5.36. The number of fused-ring (bicyclic) bond motifs is 1. The van der Waals surface area contributed by atoms with Gasteiger partial charge in [-0.15, -0.1) is 0 Å². The number of carbonyl (C=O) groups excluding carboxylic acids is 1. The number of alkyl halides is 1. The first-order valence-corrected chi connectivity index (χ1v) is 6.65. The van der Waals surface area contributed by atoms with Crippen molar-refractivity contribution < 1.29 is 9.21 Å². The van der Waals surface area contributed by atoms with E-state index in [4.69, 9.17) is 4.42 Å². The van der Waals surface area contributed by atoms with Crippen LogP contribution < -0.4 is 5.32 Å². The normalized spacial score (nSPS) is 12.6. The lowest BCUT2D eigenvalue weighted by molar-refractivity contribution is 0.0950. The first-order chi connectivity index (χ1) is 8.22. The van der Waals surface area contributed by atoms with Gasteiger partial charge in [0.1, 0.15) is 11.8 Å². The van der Waals surface area contributed by atoms with Crippen LogP contribution >= 0.6 is 15.9 Å². The highest BCUT2D eigenvalue weighted by Crippen LogP contribution is 2.20. The fourth-order valence-electron chi connectivity index (χ4n) is 1.57. The lowest BCUT2D eigenvalue weighted by Crippen LogP contribution is -2.28. The van der Waals surface area contributed by atoms with Crippen molar-refractivity contribution in [2.24, 2.45) is 5.92 Å². The maximum Gasteiger partial charge on any atom is 0.255 e. The van der Waals surface area contributed by atoms with Crippen molar-refractivity contribution in [1.29, 1.82) is 0 Å². The van der Waals surface area contributed by atoms with Crippen LogP contribution in [0, 0.1) is 5.92 Å². The molecule has 0 saturated heterocycles. The van der Waals surface area contributed by atoms with E-state index < -0.39 is 0 Å². The van der Waals surface area contributed by atoms with E-state index in [1.165, 1.54) is 6.26 Å². The predicted molar refractivity (Wildman–Crippen MR) is 71.5 cm³/mol. The number of carbonyl (C=O) groups is 1. The second-order valence-corrected chi connectivity index (χ2v) is 4.76. The molecule has 0 aliphatic rings. The summed E-state index contributed by atoms with van der Waals surface area (Å²) in [5, 5.41) is 4.63. The molecule has 1 aromatic carbocycles. The summed E-state index contributed by atoms with van der Waals surface area (Å²) in [6.07, 6.45) is 1.51. The standard InChI is InChI=1S/C13H14BrNO2/c1-9(6-14)7-15-13(16)11-8-17-12-5-3-2-4-10(11)12/h2-5,8-9H,6-7H2,1H3,(H,15,16). The van der Waals surface area contributed by atoms with E-state index >= 15 is 0 Å². The molecule has 2 rings (SSSR count). The summed E-state index contributed by atoms with van der Waals surface area (Å²) in [5.74, 6) is 0.333. The Hall–Kier alpha value is -1.29. The lowest BCUT2D eigenvalue weighted by atomic mass is 10.1. The Kier molecular flexibility index (Phi) is 3.84. The van der Waals surface area contributed by atoms with Gasteiger partial charge in [-0.2, -0.15) is 0 Å². The molecule has 0 bridgehead atoms. The number of rotatable bonds is 4. The Bertz CT molecular complexity index is 521. The van der Waals surface area contributed by atoms with Gasteiger partial charge in [0.2, 0.25) is 0 Å². The zero-order valence-electron chi connectivity index (χ0n) is 9.57. The van der Waals surface area contributed by atoms with Crippen LogP contribution in [0.15, 0.2) is 34.9 Å². The summed E-state index contributed by atoms with van der Waals surface area (Å²) >= 11 is 3.38. The number of amides is 1. The predicted octanol–water partition coefficient (Wildman–Crippen LogP) is 3.19. The molecule has 1 aromatic heterocycles. The maximum absolute atomic E-state index is 12.0. The van der Waals surface area contributed by atoms with Crippen molar-refractivity contribution in [3.05, 3.63) is 36.1 Å². The van der Waals surface area contributed by atoms with Crippen LogP contribution in [0.3, 0.4) is 0 Å². The summed E-state index contributed by atoms with van der Waals surface area (Å²) in [7, 11) is 0. The molecule has 4 heteroatoms. The first kappa shape index (κ1) is 12.2. The molecule has 1 N–H and O–H groups in total. The van der Waals surface area contributed by atoms with Gasteiger partial charge in [-0.25, -0.2) is 0 Å². The Morgan fingerprint density at radius 2 is 2.24 bits per heavy atom. The average molecular weight is 296 g/mol. The number of halogens is 1. The number of benzene rings is 1. The van der Waals surface area contributed by atoms with E-state index in [1.54, 1.807) is 0 Å². The van der Waals surface area contributed by atoms with Crippen molar-refractivity contribution in [3.8, 4) is 0 Å². The van der Waals surface area contributed by atoms with Crippen molar-refractivity contribution in [1.82, 2.24) is 5.32 Å². The number of hydrogen-bond donors (Lipinski definition) is 1. The molecule has 0 aliphatic heterocycles. The average Bonchev–Trinajstić information content (AvgIpc) is 2.79. The molecule has 17 heavy (non-hydrogen) atoms. The Morgan fingerprint density at radius 3 is 3.00 bits per heavy atom. The number of hydrogen-bond acceptors (Lipinski definition) is 2. The molecule has 0 saturated carbocycles. The lowest BCUT2D eigenvalue weighted by Gasteiger charge is -2.08. The van der Waals surface area contributed by atoms with Crippen molar-refractivity contribution >= 4 is 32.8 Å². The molecule has 0 radical (unpaired) electrons. The van der Waals surface area contributed by atoms with Gasteiger partial charge in [0.15, 0.2) is 0 Å². The molecule has 90 valence electrons. The smallest absolute Gasteiger partial charge is 0.255 e. The molecule has 3 nitrogen and oxygen atoms in total. The molecule has 1 heterocycles. The number of nitrogens with one attached hydrogen (secondary N) is 1. The molecule has 0 aliphatic carbocycles. The van der Waals surface area contributed by atoms with E-state index in [0.717, 1.165) is 16.3 Å². The fourth-order valence-corrected chi connectivity index (χ4v) is 1.80. The molecular formula is C13H14BrNO2. The molecular weight excluding hydrogens is 282 g/mol. The van der Waals surface area contributed by atoms with E-state index in [1.807, 2.05) is 24.3 Å². The Labute approximate surface area is 108 Å². The fraction of sp³-hybridized carbons (Fsp3) is 0.308. The Balaban J connectivity index is 2.14. The van der Waals surface area contributed by atoms with Crippen LogP contribution in [0.1, 0.15) is 17.3 Å². The van der Waals surface area contributed by atoms with Gasteiger partial charge >= 0.3 is 0 Å². The second-order valence-electron chi connectivity index (χ2n) is 4.12. The van der Waals surface area contributed by atoms with Crippen LogP contribution in [-0.2, 0) is 0 Å². The van der Waals surface area contributed by atoms with E-state index in [9.17, 15) is 4.79 Å². The highest BCUT2D eigenvalue weighted by atomic mass is 79.9. The van der Waals surface area contributed by atoms with E-state index in [-0.39, 0.29) is 5.91 Å². The third-order valence-corrected chi connectivity index (χ3v) is 3.71. The summed E-state index contributed by atoms with van der Waals surface area (Å²) in [5.41, 5.74) is 1.34. The van der Waals surface area contributed by atoms with Gasteiger partial charge < -0.3 is 9.73 Å². The molecule has 0 fully saturated rings. The van der Waals surface area contributed by atoms with Crippen molar-refractivity contribution in [2.45, 2.75) is 6.92 Å². The Morgan fingerprint density at radius 1 is 1.47 bits per heavy atom. The van der Waals surface area contributed by atoms with Crippen LogP contribution in [0.25, 0.3) is 11.0 Å². The zero-order chi connectivity index (χ0) is 12.3. The van der Waals surface area contributed by atoms with Crippen LogP contribution in [0.5, 0.6) is 0 Å². The quantitative estimate of drug-likeness (QED) is 0.880. The van der Waals surface area contributed by atoms with Crippen LogP contribution in [-0.4, -0.2) is 17.8 Å². The third-order valence-electron chi connectivity index (χ3n) is 2.60. The molecule has 1 atom stereocenters.